The van der Waals surface area contributed by atoms with Crippen molar-refractivity contribution in [1.82, 2.24) is 0 Å². The second-order valence-corrected chi connectivity index (χ2v) is 4.62. The van der Waals surface area contributed by atoms with Crippen molar-refractivity contribution in [3.05, 3.63) is 6.57 Å². The fourth-order valence-corrected chi connectivity index (χ4v) is 2.41. The summed E-state index contributed by atoms with van der Waals surface area (Å²) in [5.74, 6) is 0. The van der Waals surface area contributed by atoms with Crippen LogP contribution in [0.25, 0.3) is 0 Å². The van der Waals surface area contributed by atoms with E-state index >= 15 is 0 Å². The maximum Gasteiger partial charge on any atom is 0.0848 e. The van der Waals surface area contributed by atoms with Crippen LogP contribution in [0.15, 0.2) is 0 Å². The molecule has 1 saturated heterocycles. The Morgan fingerprint density at radius 3 is 2.40 bits per heavy atom. The molecular formula is C13H26N2. The average molecular weight is 210 g/mol. The standard InChI is InChI=1S/C12H25N.CN/c1-3-4-5-6-7-10-13-11-8-9-12(13)2;1-2/h12H,3-11H2,1-2H3;/q;-1/p+1. The van der Waals surface area contributed by atoms with Gasteiger partial charge in [-0.3, -0.25) is 0 Å². The van der Waals surface area contributed by atoms with Crippen molar-refractivity contribution in [2.24, 2.45) is 0 Å². The lowest BCUT2D eigenvalue weighted by Gasteiger charge is -2.17. The fraction of sp³-hybridized carbons (Fsp3) is 0.923. The fourth-order valence-electron chi connectivity index (χ4n) is 2.41. The average Bonchev–Trinajstić information content (AvgIpc) is 2.67. The Labute approximate surface area is 95.3 Å². The molecule has 2 nitrogen and oxygen atoms in total. The highest BCUT2D eigenvalue weighted by Gasteiger charge is 2.22. The summed E-state index contributed by atoms with van der Waals surface area (Å²) in [5.41, 5.74) is 0. The minimum atomic E-state index is 0.950. The van der Waals surface area contributed by atoms with Crippen LogP contribution in [0.1, 0.15) is 58.8 Å². The summed E-state index contributed by atoms with van der Waals surface area (Å²) < 4.78 is 0. The highest BCUT2D eigenvalue weighted by molar-refractivity contribution is 4.56. The van der Waals surface area contributed by atoms with Crippen LogP contribution in [0.5, 0.6) is 0 Å². The first-order valence-electron chi connectivity index (χ1n) is 6.41. The Bertz CT molecular complexity index is 154. The van der Waals surface area contributed by atoms with Gasteiger partial charge in [-0.1, -0.05) is 26.2 Å². The van der Waals surface area contributed by atoms with E-state index in [1.54, 1.807) is 0 Å². The van der Waals surface area contributed by atoms with E-state index in [-0.39, 0.29) is 0 Å². The molecule has 2 unspecified atom stereocenters. The summed E-state index contributed by atoms with van der Waals surface area (Å²) in [6.07, 6.45) is 10.1. The van der Waals surface area contributed by atoms with E-state index in [4.69, 9.17) is 11.8 Å². The van der Waals surface area contributed by atoms with Gasteiger partial charge >= 0.3 is 0 Å². The molecule has 0 spiro atoms. The first-order chi connectivity index (χ1) is 7.34. The first-order valence-corrected chi connectivity index (χ1v) is 6.41. The molecule has 0 saturated carbocycles. The first kappa shape index (κ1) is 14.5. The molecule has 1 N–H and O–H groups in total. The van der Waals surface area contributed by atoms with Gasteiger partial charge in [0.05, 0.1) is 19.1 Å². The summed E-state index contributed by atoms with van der Waals surface area (Å²) in [5, 5.41) is 6.25. The second-order valence-electron chi connectivity index (χ2n) is 4.62. The quantitative estimate of drug-likeness (QED) is 0.528. The molecule has 0 aliphatic carbocycles. The third-order valence-electron chi connectivity index (χ3n) is 3.43. The van der Waals surface area contributed by atoms with Crippen molar-refractivity contribution in [3.63, 3.8) is 0 Å². The summed E-state index contributed by atoms with van der Waals surface area (Å²) >= 11 is 0. The largest absolute Gasteiger partial charge is 0.512 e. The van der Waals surface area contributed by atoms with Gasteiger partial charge < -0.3 is 16.7 Å². The normalized spacial score (nSPS) is 24.5. The van der Waals surface area contributed by atoms with Crippen molar-refractivity contribution in [1.29, 1.82) is 5.26 Å². The number of quaternary nitrogens is 1. The van der Waals surface area contributed by atoms with Gasteiger partial charge in [0.1, 0.15) is 0 Å². The van der Waals surface area contributed by atoms with Crippen molar-refractivity contribution in [3.8, 4) is 0 Å². The Hall–Kier alpha value is -0.550. The Kier molecular flexibility index (Phi) is 9.62. The monoisotopic (exact) mass is 210 g/mol. The van der Waals surface area contributed by atoms with Gasteiger partial charge in [0, 0.05) is 12.8 Å². The predicted octanol–water partition coefficient (Wildman–Crippen LogP) is 2.12. The Balaban J connectivity index is 0.000000921. The Morgan fingerprint density at radius 2 is 1.87 bits per heavy atom. The van der Waals surface area contributed by atoms with Crippen LogP contribution in [0.2, 0.25) is 0 Å². The molecule has 0 aromatic heterocycles. The zero-order valence-electron chi connectivity index (χ0n) is 10.4. The zero-order valence-corrected chi connectivity index (χ0v) is 10.4. The number of nitrogens with zero attached hydrogens (tertiary/aromatic N) is 1. The van der Waals surface area contributed by atoms with E-state index in [9.17, 15) is 0 Å². The molecule has 1 rings (SSSR count). The van der Waals surface area contributed by atoms with E-state index in [1.807, 2.05) is 4.90 Å². The molecule has 88 valence electrons. The van der Waals surface area contributed by atoms with Gasteiger partial charge in [0.25, 0.3) is 0 Å². The molecule has 1 fully saturated rings. The van der Waals surface area contributed by atoms with Gasteiger partial charge in [-0.05, 0) is 19.8 Å². The second kappa shape index (κ2) is 9.98. The summed E-state index contributed by atoms with van der Waals surface area (Å²) in [6, 6.07) is 0.950. The lowest BCUT2D eigenvalue weighted by molar-refractivity contribution is -0.910. The van der Waals surface area contributed by atoms with E-state index in [1.165, 1.54) is 58.0 Å². The molecular weight excluding hydrogens is 184 g/mol. The molecule has 0 aromatic rings. The molecule has 0 radical (unpaired) electrons. The van der Waals surface area contributed by atoms with Crippen LogP contribution >= 0.6 is 0 Å². The highest BCUT2D eigenvalue weighted by Crippen LogP contribution is 2.02. The van der Waals surface area contributed by atoms with Crippen LogP contribution in [0.3, 0.4) is 0 Å². The molecule has 0 bridgehead atoms. The molecule has 1 aliphatic rings. The number of hydrogen-bond donors (Lipinski definition) is 1. The molecule has 2 atom stereocenters. The third kappa shape index (κ3) is 6.52. The lowest BCUT2D eigenvalue weighted by atomic mass is 10.1. The SMILES string of the molecule is CCCCCCC[NH+]1CCCC1C.[C-]#N. The van der Waals surface area contributed by atoms with Gasteiger partial charge in [-0.25, -0.2) is 0 Å². The van der Waals surface area contributed by atoms with Crippen LogP contribution in [-0.2, 0) is 0 Å². The lowest BCUT2D eigenvalue weighted by Crippen LogP contribution is -3.13. The number of hydrogen-bond acceptors (Lipinski definition) is 1. The number of likely N-dealkylation sites (tertiary alicyclic amines) is 1. The van der Waals surface area contributed by atoms with Gasteiger partial charge in [0.15, 0.2) is 0 Å². The topological polar surface area (TPSA) is 28.2 Å². The zero-order chi connectivity index (χ0) is 11.5. The third-order valence-corrected chi connectivity index (χ3v) is 3.43. The smallest absolute Gasteiger partial charge is 0.0848 e. The summed E-state index contributed by atoms with van der Waals surface area (Å²) in [7, 11) is 0. The maximum atomic E-state index is 6.25. The van der Waals surface area contributed by atoms with Gasteiger partial charge in [-0.2, -0.15) is 0 Å². The van der Waals surface area contributed by atoms with Crippen molar-refractivity contribution < 1.29 is 4.90 Å². The highest BCUT2D eigenvalue weighted by atomic mass is 15.2. The van der Waals surface area contributed by atoms with Crippen LogP contribution in [-0.4, -0.2) is 19.1 Å². The summed E-state index contributed by atoms with van der Waals surface area (Å²) in [4.78, 5) is 1.87. The number of unbranched alkanes of at least 4 members (excludes halogenated alkanes) is 4. The van der Waals surface area contributed by atoms with E-state index < -0.39 is 0 Å². The molecule has 2 heteroatoms. The van der Waals surface area contributed by atoms with Crippen molar-refractivity contribution >= 4 is 0 Å². The van der Waals surface area contributed by atoms with Gasteiger partial charge in [0.2, 0.25) is 0 Å². The van der Waals surface area contributed by atoms with Crippen LogP contribution < -0.4 is 4.90 Å². The number of nitrogens with one attached hydrogen (secondary N) is 1. The summed E-state index contributed by atoms with van der Waals surface area (Å²) in [6.45, 7) is 12.3. The molecule has 1 heterocycles. The van der Waals surface area contributed by atoms with Crippen molar-refractivity contribution in [2.75, 3.05) is 13.1 Å². The molecule has 1 aliphatic heterocycles. The number of rotatable bonds is 6. The van der Waals surface area contributed by atoms with E-state index in [2.05, 4.69) is 13.8 Å². The predicted molar refractivity (Wildman–Crippen MR) is 63.1 cm³/mol. The molecule has 0 aromatic carbocycles. The van der Waals surface area contributed by atoms with E-state index in [0.717, 1.165) is 6.04 Å². The van der Waals surface area contributed by atoms with Crippen LogP contribution in [0.4, 0.5) is 0 Å². The maximum absolute atomic E-state index is 6.25. The minimum Gasteiger partial charge on any atom is -0.512 e. The Morgan fingerprint density at radius 1 is 1.20 bits per heavy atom. The minimum absolute atomic E-state index is 0.950. The van der Waals surface area contributed by atoms with Gasteiger partial charge in [-0.15, -0.1) is 0 Å². The van der Waals surface area contributed by atoms with Crippen molar-refractivity contribution in [2.45, 2.75) is 64.8 Å². The molecule has 0 amide bonds. The van der Waals surface area contributed by atoms with Crippen LogP contribution in [0, 0.1) is 11.8 Å². The van der Waals surface area contributed by atoms with E-state index in [0.29, 0.717) is 0 Å². The molecule has 15 heavy (non-hydrogen) atoms.